The van der Waals surface area contributed by atoms with Crippen molar-refractivity contribution in [2.75, 3.05) is 13.1 Å². The summed E-state index contributed by atoms with van der Waals surface area (Å²) >= 11 is 0. The fourth-order valence-corrected chi connectivity index (χ4v) is 3.94. The van der Waals surface area contributed by atoms with Crippen LogP contribution in [0.3, 0.4) is 0 Å². The lowest BCUT2D eigenvalue weighted by molar-refractivity contribution is -0.192. The third kappa shape index (κ3) is 6.24. The van der Waals surface area contributed by atoms with Crippen LogP contribution in [0.5, 0.6) is 0 Å². The van der Waals surface area contributed by atoms with Gasteiger partial charge in [0.25, 0.3) is 0 Å². The molecule has 11 heteroatoms. The Hall–Kier alpha value is -3.73. The summed E-state index contributed by atoms with van der Waals surface area (Å²) in [5.41, 5.74) is 2.58. The van der Waals surface area contributed by atoms with E-state index in [-0.39, 0.29) is 5.82 Å². The van der Waals surface area contributed by atoms with Crippen LogP contribution >= 0.6 is 0 Å². The van der Waals surface area contributed by atoms with Crippen LogP contribution in [0, 0.1) is 5.82 Å². The van der Waals surface area contributed by atoms with E-state index >= 15 is 0 Å². The number of fused-ring (bicyclic) bond motifs is 1. The molecule has 1 aliphatic rings. The summed E-state index contributed by atoms with van der Waals surface area (Å²) in [6.07, 6.45) is 0.762. The third-order valence-electron chi connectivity index (χ3n) is 5.58. The largest absolute Gasteiger partial charge is 0.490 e. The average molecular weight is 490 g/mol. The van der Waals surface area contributed by atoms with Gasteiger partial charge in [-0.15, -0.1) is 0 Å². The highest BCUT2D eigenvalue weighted by molar-refractivity contribution is 5.73. The summed E-state index contributed by atoms with van der Waals surface area (Å²) in [6, 6.07) is 14.5. The molecule has 4 aromatic rings. The second-order valence-corrected chi connectivity index (χ2v) is 8.16. The van der Waals surface area contributed by atoms with Crippen molar-refractivity contribution in [3.05, 3.63) is 78.4 Å². The zero-order chi connectivity index (χ0) is 25.0. The molecule has 7 nitrogen and oxygen atoms in total. The Labute approximate surface area is 197 Å². The number of carboxylic acids is 1. The Morgan fingerprint density at radius 3 is 2.63 bits per heavy atom. The van der Waals surface area contributed by atoms with E-state index in [1.54, 1.807) is 16.8 Å². The Morgan fingerprint density at radius 1 is 1.14 bits per heavy atom. The molecule has 3 aromatic heterocycles. The van der Waals surface area contributed by atoms with Crippen LogP contribution in [0.15, 0.2) is 65.4 Å². The van der Waals surface area contributed by atoms with Gasteiger partial charge < -0.3 is 9.52 Å². The molecular weight excluding hydrogens is 468 g/mol. The fourth-order valence-electron chi connectivity index (χ4n) is 3.94. The highest BCUT2D eigenvalue weighted by Crippen LogP contribution is 2.27. The molecule has 0 saturated carbocycles. The van der Waals surface area contributed by atoms with Gasteiger partial charge in [0, 0.05) is 24.2 Å². The van der Waals surface area contributed by atoms with Gasteiger partial charge in [0.1, 0.15) is 11.6 Å². The number of aliphatic carboxylic acids is 1. The van der Waals surface area contributed by atoms with Gasteiger partial charge in [-0.2, -0.15) is 18.3 Å². The lowest BCUT2D eigenvalue weighted by Crippen LogP contribution is -2.34. The van der Waals surface area contributed by atoms with E-state index in [1.165, 1.54) is 12.1 Å². The molecule has 1 N–H and O–H groups in total. The monoisotopic (exact) mass is 490 g/mol. The number of benzene rings is 1. The van der Waals surface area contributed by atoms with E-state index in [9.17, 15) is 17.6 Å². The predicted molar refractivity (Wildman–Crippen MR) is 118 cm³/mol. The van der Waals surface area contributed by atoms with E-state index in [0.29, 0.717) is 5.92 Å². The average Bonchev–Trinajstić information content (AvgIpc) is 3.48. The molecule has 4 heterocycles. The summed E-state index contributed by atoms with van der Waals surface area (Å²) in [7, 11) is 0. The SMILES string of the molecule is Fc1cccc(-c2ccc3nc(C4CCCN(Cc5ccco5)C4)nn3c2)c1.O=C(O)C(F)(F)F. The van der Waals surface area contributed by atoms with Crippen molar-refractivity contribution in [3.63, 3.8) is 0 Å². The van der Waals surface area contributed by atoms with Crippen molar-refractivity contribution in [2.24, 2.45) is 0 Å². The van der Waals surface area contributed by atoms with Gasteiger partial charge in [0.2, 0.25) is 0 Å². The third-order valence-corrected chi connectivity index (χ3v) is 5.58. The van der Waals surface area contributed by atoms with Crippen LogP contribution in [-0.4, -0.2) is 49.8 Å². The van der Waals surface area contributed by atoms with Crippen LogP contribution < -0.4 is 0 Å². The number of pyridine rings is 1. The first-order valence-electron chi connectivity index (χ1n) is 10.9. The van der Waals surface area contributed by atoms with Gasteiger partial charge in [-0.3, -0.25) is 4.90 Å². The van der Waals surface area contributed by atoms with Gasteiger partial charge in [0.05, 0.1) is 12.8 Å². The van der Waals surface area contributed by atoms with Gasteiger partial charge in [-0.25, -0.2) is 18.7 Å². The van der Waals surface area contributed by atoms with Gasteiger partial charge in [-0.1, -0.05) is 12.1 Å². The Balaban J connectivity index is 0.000000364. The number of halogens is 4. The molecule has 35 heavy (non-hydrogen) atoms. The molecule has 1 fully saturated rings. The van der Waals surface area contributed by atoms with Crippen molar-refractivity contribution >= 4 is 11.6 Å². The number of alkyl halides is 3. The number of aromatic nitrogens is 3. The van der Waals surface area contributed by atoms with E-state index in [4.69, 9.17) is 24.4 Å². The van der Waals surface area contributed by atoms with Crippen molar-refractivity contribution in [1.82, 2.24) is 19.5 Å². The van der Waals surface area contributed by atoms with Crippen molar-refractivity contribution in [1.29, 1.82) is 0 Å². The summed E-state index contributed by atoms with van der Waals surface area (Å²) in [5.74, 6) is -0.826. The minimum atomic E-state index is -5.08. The minimum absolute atomic E-state index is 0.240. The summed E-state index contributed by atoms with van der Waals surface area (Å²) in [6.45, 7) is 2.81. The Morgan fingerprint density at radius 2 is 1.94 bits per heavy atom. The molecule has 0 bridgehead atoms. The second kappa shape index (κ2) is 10.3. The molecule has 184 valence electrons. The number of carboxylic acid groups (broad SMARTS) is 1. The van der Waals surface area contributed by atoms with Crippen LogP contribution in [0.1, 0.15) is 30.3 Å². The molecule has 0 spiro atoms. The fraction of sp³-hybridized carbons (Fsp3) is 0.292. The van der Waals surface area contributed by atoms with Crippen molar-refractivity contribution in [3.8, 4) is 11.1 Å². The highest BCUT2D eigenvalue weighted by Gasteiger charge is 2.38. The van der Waals surface area contributed by atoms with Crippen LogP contribution in [0.4, 0.5) is 17.6 Å². The lowest BCUT2D eigenvalue weighted by atomic mass is 9.97. The maximum absolute atomic E-state index is 13.5. The zero-order valence-electron chi connectivity index (χ0n) is 18.5. The number of piperidine rings is 1. The van der Waals surface area contributed by atoms with Crippen molar-refractivity contribution < 1.29 is 31.9 Å². The molecule has 5 rings (SSSR count). The molecule has 1 saturated heterocycles. The maximum Gasteiger partial charge on any atom is 0.490 e. The number of hydrogen-bond donors (Lipinski definition) is 1. The normalized spacial score (nSPS) is 16.6. The molecule has 1 aliphatic heterocycles. The topological polar surface area (TPSA) is 83.9 Å². The van der Waals surface area contributed by atoms with Crippen LogP contribution in [0.25, 0.3) is 16.8 Å². The molecule has 1 unspecified atom stereocenters. The summed E-state index contributed by atoms with van der Waals surface area (Å²) in [5, 5.41) is 11.9. The first-order valence-corrected chi connectivity index (χ1v) is 10.9. The Bertz CT molecular complexity index is 1290. The van der Waals surface area contributed by atoms with Gasteiger partial charge >= 0.3 is 12.1 Å². The number of carbonyl (C=O) groups is 1. The predicted octanol–water partition coefficient (Wildman–Crippen LogP) is 5.14. The van der Waals surface area contributed by atoms with E-state index in [1.807, 2.05) is 36.5 Å². The molecule has 0 amide bonds. The maximum atomic E-state index is 13.5. The number of hydrogen-bond acceptors (Lipinski definition) is 5. The Kier molecular flexibility index (Phi) is 7.15. The standard InChI is InChI=1S/C22H21FN4O.C2HF3O2/c23-19-6-1-4-16(12-19)17-8-9-21-24-22(25-27(21)14-17)18-5-2-10-26(13-18)15-20-7-3-11-28-20;3-2(4,5)1(6)7/h1,3-4,6-9,11-12,14,18H,2,5,10,13,15H2;(H,6,7). The first-order chi connectivity index (χ1) is 16.7. The van der Waals surface area contributed by atoms with Gasteiger partial charge in [-0.05, 0) is 61.3 Å². The quantitative estimate of drug-likeness (QED) is 0.399. The van der Waals surface area contributed by atoms with Crippen LogP contribution in [-0.2, 0) is 11.3 Å². The van der Waals surface area contributed by atoms with E-state index < -0.39 is 12.1 Å². The molecule has 1 atom stereocenters. The van der Waals surface area contributed by atoms with Crippen LogP contribution in [0.2, 0.25) is 0 Å². The highest BCUT2D eigenvalue weighted by atomic mass is 19.4. The first kappa shape index (κ1) is 24.4. The number of nitrogens with zero attached hydrogens (tertiary/aromatic N) is 4. The summed E-state index contributed by atoms with van der Waals surface area (Å²) in [4.78, 5) is 16.0. The van der Waals surface area contributed by atoms with Crippen molar-refractivity contribution in [2.45, 2.75) is 31.5 Å². The van der Waals surface area contributed by atoms with E-state index in [2.05, 4.69) is 4.90 Å². The minimum Gasteiger partial charge on any atom is -0.475 e. The molecule has 0 radical (unpaired) electrons. The smallest absolute Gasteiger partial charge is 0.475 e. The number of furan rings is 1. The molecule has 1 aromatic carbocycles. The van der Waals surface area contributed by atoms with Gasteiger partial charge in [0.15, 0.2) is 11.5 Å². The lowest BCUT2D eigenvalue weighted by Gasteiger charge is -2.30. The van der Waals surface area contributed by atoms with E-state index in [0.717, 1.165) is 60.8 Å². The number of rotatable bonds is 4. The number of likely N-dealkylation sites (tertiary alicyclic amines) is 1. The second-order valence-electron chi connectivity index (χ2n) is 8.16. The molecular formula is C24H22F4N4O3. The summed E-state index contributed by atoms with van der Waals surface area (Å²) < 4.78 is 52.6. The molecule has 0 aliphatic carbocycles. The zero-order valence-corrected chi connectivity index (χ0v) is 18.5.